The van der Waals surface area contributed by atoms with Gasteiger partial charge in [-0.3, -0.25) is 4.79 Å². The summed E-state index contributed by atoms with van der Waals surface area (Å²) in [6.45, 7) is 2.27. The van der Waals surface area contributed by atoms with E-state index in [-0.39, 0.29) is 5.97 Å². The van der Waals surface area contributed by atoms with E-state index in [1.54, 1.807) is 0 Å². The molecular weight excluding hydrogens is 226 g/mol. The molecule has 0 saturated carbocycles. The van der Waals surface area contributed by atoms with Crippen LogP contribution in [0.2, 0.25) is 0 Å². The Morgan fingerprint density at radius 1 is 1.33 bits per heavy atom. The number of hydrogen-bond acceptors (Lipinski definition) is 2. The number of rotatable bonds is 3. The van der Waals surface area contributed by atoms with Crippen LogP contribution in [0, 0.1) is 0 Å². The van der Waals surface area contributed by atoms with Crippen molar-refractivity contribution in [1.82, 2.24) is 4.98 Å². The molecule has 2 aromatic rings. The van der Waals surface area contributed by atoms with E-state index in [0.717, 1.165) is 17.5 Å². The smallest absolute Gasteiger partial charge is 0.310 e. The minimum atomic E-state index is -0.154. The fraction of sp³-hybridized carbons (Fsp3) is 0.400. The monoisotopic (exact) mass is 243 g/mol. The number of carbonyl (C=O) groups is 1. The van der Waals surface area contributed by atoms with Gasteiger partial charge in [0.25, 0.3) is 0 Å². The van der Waals surface area contributed by atoms with E-state index in [2.05, 4.69) is 17.1 Å². The molecule has 3 nitrogen and oxygen atoms in total. The molecule has 3 heteroatoms. The Morgan fingerprint density at radius 2 is 2.11 bits per heavy atom. The first-order chi connectivity index (χ1) is 8.78. The van der Waals surface area contributed by atoms with Crippen LogP contribution in [0.15, 0.2) is 18.3 Å². The molecule has 1 aromatic heterocycles. The quantitative estimate of drug-likeness (QED) is 0.842. The minimum absolute atomic E-state index is 0.154. The molecule has 1 aromatic carbocycles. The van der Waals surface area contributed by atoms with Crippen molar-refractivity contribution in [2.45, 2.75) is 32.6 Å². The number of aryl methyl sites for hydroxylation is 2. The lowest BCUT2D eigenvalue weighted by Gasteiger charge is -2.03. The van der Waals surface area contributed by atoms with Crippen molar-refractivity contribution in [3.8, 4) is 0 Å². The first-order valence-corrected chi connectivity index (χ1v) is 6.55. The van der Waals surface area contributed by atoms with Crippen molar-refractivity contribution in [3.63, 3.8) is 0 Å². The second kappa shape index (κ2) is 4.48. The van der Waals surface area contributed by atoms with Gasteiger partial charge in [0.15, 0.2) is 0 Å². The normalized spacial score (nSPS) is 13.8. The Morgan fingerprint density at radius 3 is 2.89 bits per heavy atom. The largest absolute Gasteiger partial charge is 0.466 e. The molecule has 0 bridgehead atoms. The van der Waals surface area contributed by atoms with Gasteiger partial charge < -0.3 is 9.72 Å². The summed E-state index contributed by atoms with van der Waals surface area (Å²) >= 11 is 0. The molecule has 0 atom stereocenters. The van der Waals surface area contributed by atoms with Gasteiger partial charge in [-0.2, -0.15) is 0 Å². The average Bonchev–Trinajstić information content (AvgIpc) is 2.94. The highest BCUT2D eigenvalue weighted by molar-refractivity contribution is 5.88. The lowest BCUT2D eigenvalue weighted by molar-refractivity contribution is -0.142. The van der Waals surface area contributed by atoms with Gasteiger partial charge in [-0.1, -0.05) is 0 Å². The average molecular weight is 243 g/mol. The van der Waals surface area contributed by atoms with Crippen molar-refractivity contribution in [1.29, 1.82) is 0 Å². The SMILES string of the molecule is CCOC(=O)Cc1c[nH]c2cc3c(cc12)CCC3. The molecule has 0 unspecified atom stereocenters. The molecule has 1 aliphatic rings. The second-order valence-electron chi connectivity index (χ2n) is 4.82. The molecule has 0 aliphatic heterocycles. The molecule has 1 aliphatic carbocycles. The minimum Gasteiger partial charge on any atom is -0.466 e. The van der Waals surface area contributed by atoms with E-state index in [1.165, 1.54) is 29.4 Å². The molecule has 3 rings (SSSR count). The van der Waals surface area contributed by atoms with Gasteiger partial charge in [0, 0.05) is 17.1 Å². The molecule has 1 N–H and O–H groups in total. The second-order valence-corrected chi connectivity index (χ2v) is 4.82. The van der Waals surface area contributed by atoms with Crippen molar-refractivity contribution in [3.05, 3.63) is 35.0 Å². The van der Waals surface area contributed by atoms with Crippen LogP contribution in [0.25, 0.3) is 10.9 Å². The number of nitrogens with one attached hydrogen (secondary N) is 1. The zero-order chi connectivity index (χ0) is 12.5. The van der Waals surface area contributed by atoms with Gasteiger partial charge >= 0.3 is 5.97 Å². The number of benzene rings is 1. The Balaban J connectivity index is 1.96. The Hall–Kier alpha value is -1.77. The standard InChI is InChI=1S/C15H17NO2/c1-2-18-15(17)8-12-9-16-14-7-11-5-3-4-10(11)6-13(12)14/h6-7,9,16H,2-5,8H2,1H3. The van der Waals surface area contributed by atoms with E-state index in [1.807, 2.05) is 13.1 Å². The number of aromatic amines is 1. The third-order valence-electron chi connectivity index (χ3n) is 3.62. The van der Waals surface area contributed by atoms with Crippen LogP contribution in [0.1, 0.15) is 30.0 Å². The molecule has 1 heterocycles. The summed E-state index contributed by atoms with van der Waals surface area (Å²) in [7, 11) is 0. The summed E-state index contributed by atoms with van der Waals surface area (Å²) in [6, 6.07) is 4.47. The van der Waals surface area contributed by atoms with E-state index >= 15 is 0 Å². The van der Waals surface area contributed by atoms with Crippen LogP contribution in [0.5, 0.6) is 0 Å². The predicted molar refractivity (Wildman–Crippen MR) is 70.7 cm³/mol. The van der Waals surface area contributed by atoms with Gasteiger partial charge in [0.2, 0.25) is 0 Å². The van der Waals surface area contributed by atoms with Crippen LogP contribution in [0.4, 0.5) is 0 Å². The maximum absolute atomic E-state index is 11.6. The number of fused-ring (bicyclic) bond motifs is 2. The summed E-state index contributed by atoms with van der Waals surface area (Å²) in [5.41, 5.74) is 5.06. The number of ether oxygens (including phenoxy) is 1. The molecule has 0 spiro atoms. The van der Waals surface area contributed by atoms with Crippen molar-refractivity contribution < 1.29 is 9.53 Å². The van der Waals surface area contributed by atoms with Gasteiger partial charge in [-0.05, 0) is 55.0 Å². The van der Waals surface area contributed by atoms with Crippen molar-refractivity contribution in [2.75, 3.05) is 6.61 Å². The van der Waals surface area contributed by atoms with Crippen LogP contribution in [-0.2, 0) is 28.8 Å². The summed E-state index contributed by atoms with van der Waals surface area (Å²) in [4.78, 5) is 14.8. The van der Waals surface area contributed by atoms with Gasteiger partial charge in [-0.25, -0.2) is 0 Å². The first kappa shape index (κ1) is 11.3. The number of hydrogen-bond donors (Lipinski definition) is 1. The molecule has 0 radical (unpaired) electrons. The van der Waals surface area contributed by atoms with Crippen LogP contribution in [-0.4, -0.2) is 17.6 Å². The third-order valence-corrected chi connectivity index (χ3v) is 3.62. The maximum Gasteiger partial charge on any atom is 0.310 e. The zero-order valence-electron chi connectivity index (χ0n) is 10.6. The molecule has 0 saturated heterocycles. The molecular formula is C15H17NO2. The van der Waals surface area contributed by atoms with E-state index in [4.69, 9.17) is 4.74 Å². The number of H-pyrrole nitrogens is 1. The van der Waals surface area contributed by atoms with E-state index in [0.29, 0.717) is 13.0 Å². The number of carbonyl (C=O) groups excluding carboxylic acids is 1. The predicted octanol–water partition coefficient (Wildman–Crippen LogP) is 2.76. The Kier molecular flexibility index (Phi) is 2.82. The third kappa shape index (κ3) is 1.90. The highest BCUT2D eigenvalue weighted by atomic mass is 16.5. The summed E-state index contributed by atoms with van der Waals surface area (Å²) in [5, 5.41) is 1.17. The molecule has 94 valence electrons. The van der Waals surface area contributed by atoms with Crippen molar-refractivity contribution in [2.24, 2.45) is 0 Å². The summed E-state index contributed by atoms with van der Waals surface area (Å²) < 4.78 is 5.00. The first-order valence-electron chi connectivity index (χ1n) is 6.55. The van der Waals surface area contributed by atoms with Gasteiger partial charge in [0.1, 0.15) is 0 Å². The molecule has 0 fully saturated rings. The molecule has 0 amide bonds. The van der Waals surface area contributed by atoms with Gasteiger partial charge in [-0.15, -0.1) is 0 Å². The topological polar surface area (TPSA) is 42.1 Å². The highest BCUT2D eigenvalue weighted by Crippen LogP contribution is 2.29. The number of esters is 1. The fourth-order valence-corrected chi connectivity index (χ4v) is 2.77. The van der Waals surface area contributed by atoms with Gasteiger partial charge in [0.05, 0.1) is 13.0 Å². The molecule has 18 heavy (non-hydrogen) atoms. The Labute approximate surface area is 106 Å². The van der Waals surface area contributed by atoms with E-state index in [9.17, 15) is 4.79 Å². The summed E-state index contributed by atoms with van der Waals surface area (Å²) in [5.74, 6) is -0.154. The zero-order valence-corrected chi connectivity index (χ0v) is 10.6. The lowest BCUT2D eigenvalue weighted by Crippen LogP contribution is -2.06. The van der Waals surface area contributed by atoms with Crippen LogP contribution >= 0.6 is 0 Å². The van der Waals surface area contributed by atoms with Crippen LogP contribution in [0.3, 0.4) is 0 Å². The fourth-order valence-electron chi connectivity index (χ4n) is 2.77. The van der Waals surface area contributed by atoms with E-state index < -0.39 is 0 Å². The van der Waals surface area contributed by atoms with Crippen LogP contribution < -0.4 is 0 Å². The lowest BCUT2D eigenvalue weighted by atomic mass is 10.0. The maximum atomic E-state index is 11.6. The highest BCUT2D eigenvalue weighted by Gasteiger charge is 2.15. The summed E-state index contributed by atoms with van der Waals surface area (Å²) in [6.07, 6.45) is 5.87. The van der Waals surface area contributed by atoms with Crippen molar-refractivity contribution >= 4 is 16.9 Å². The Bertz CT molecular complexity index is 598. The number of aromatic nitrogens is 1.